The number of unbranched alkanes of at least 4 members (excludes halogenated alkanes) is 2. The van der Waals surface area contributed by atoms with Gasteiger partial charge >= 0.3 is 0 Å². The molecule has 0 spiro atoms. The second-order valence-corrected chi connectivity index (χ2v) is 6.87. The van der Waals surface area contributed by atoms with E-state index in [-0.39, 0.29) is 0 Å². The van der Waals surface area contributed by atoms with E-state index in [1.807, 2.05) is 36.4 Å². The molecule has 0 unspecified atom stereocenters. The molecule has 0 fully saturated rings. The van der Waals surface area contributed by atoms with Gasteiger partial charge in [0.15, 0.2) is 0 Å². The summed E-state index contributed by atoms with van der Waals surface area (Å²) in [5.41, 5.74) is 4.43. The average Bonchev–Trinajstić information content (AvgIpc) is 2.72. The molecular formula is C26H20ClF. The first-order chi connectivity index (χ1) is 13.7. The molecule has 0 aliphatic carbocycles. The summed E-state index contributed by atoms with van der Waals surface area (Å²) in [6.07, 6.45) is 3.26. The van der Waals surface area contributed by atoms with Crippen molar-refractivity contribution in [1.82, 2.24) is 0 Å². The molecule has 138 valence electrons. The standard InChI is InChI=1S/C26H20ClF/c1-2-3-4-5-6-20-7-12-22(13-8-20)23-14-9-21(10-15-23)11-16-24-17-18-25(27)19-26(24)28/h7-10,12-15,17-19H,2-4H2,1H3. The molecule has 0 bridgehead atoms. The van der Waals surface area contributed by atoms with Crippen LogP contribution in [0, 0.1) is 29.5 Å². The molecule has 0 N–H and O–H groups in total. The zero-order chi connectivity index (χ0) is 19.8. The van der Waals surface area contributed by atoms with Crippen LogP contribution in [-0.4, -0.2) is 0 Å². The number of hydrogen-bond donors (Lipinski definition) is 0. The summed E-state index contributed by atoms with van der Waals surface area (Å²) in [5.74, 6) is 11.8. The zero-order valence-electron chi connectivity index (χ0n) is 15.7. The fourth-order valence-corrected chi connectivity index (χ4v) is 2.81. The Hall–Kier alpha value is -3.00. The first-order valence-electron chi connectivity index (χ1n) is 9.32. The summed E-state index contributed by atoms with van der Waals surface area (Å²) in [7, 11) is 0. The topological polar surface area (TPSA) is 0 Å². The highest BCUT2D eigenvalue weighted by atomic mass is 35.5. The molecule has 3 aromatic carbocycles. The Kier molecular flexibility index (Phi) is 6.91. The summed E-state index contributed by atoms with van der Waals surface area (Å²) >= 11 is 5.76. The first-order valence-corrected chi connectivity index (χ1v) is 9.70. The van der Waals surface area contributed by atoms with Crippen molar-refractivity contribution in [2.75, 3.05) is 0 Å². The van der Waals surface area contributed by atoms with Gasteiger partial charge in [-0.15, -0.1) is 0 Å². The van der Waals surface area contributed by atoms with E-state index in [4.69, 9.17) is 11.6 Å². The van der Waals surface area contributed by atoms with Gasteiger partial charge < -0.3 is 0 Å². The van der Waals surface area contributed by atoms with Crippen LogP contribution in [0.25, 0.3) is 11.1 Å². The smallest absolute Gasteiger partial charge is 0.140 e. The predicted molar refractivity (Wildman–Crippen MR) is 116 cm³/mol. The van der Waals surface area contributed by atoms with Crippen LogP contribution in [0.1, 0.15) is 42.9 Å². The molecule has 0 saturated heterocycles. The largest absolute Gasteiger partial charge is 0.206 e. The van der Waals surface area contributed by atoms with Crippen LogP contribution in [0.4, 0.5) is 4.39 Å². The van der Waals surface area contributed by atoms with Crippen LogP contribution in [0.2, 0.25) is 5.02 Å². The fourth-order valence-electron chi connectivity index (χ4n) is 2.65. The Morgan fingerprint density at radius 2 is 1.39 bits per heavy atom. The van der Waals surface area contributed by atoms with Gasteiger partial charge in [-0.2, -0.15) is 0 Å². The quantitative estimate of drug-likeness (QED) is 0.333. The van der Waals surface area contributed by atoms with E-state index in [0.29, 0.717) is 10.6 Å². The molecule has 0 heterocycles. The third-order valence-corrected chi connectivity index (χ3v) is 4.50. The fraction of sp³-hybridized carbons (Fsp3) is 0.154. The van der Waals surface area contributed by atoms with Crippen LogP contribution < -0.4 is 0 Å². The maximum atomic E-state index is 13.8. The van der Waals surface area contributed by atoms with E-state index in [1.54, 1.807) is 12.1 Å². The minimum atomic E-state index is -0.408. The van der Waals surface area contributed by atoms with Crippen molar-refractivity contribution in [3.8, 4) is 34.8 Å². The van der Waals surface area contributed by atoms with Crippen molar-refractivity contribution < 1.29 is 4.39 Å². The molecule has 0 radical (unpaired) electrons. The molecule has 0 aromatic heterocycles. The van der Waals surface area contributed by atoms with Gasteiger partial charge in [0.25, 0.3) is 0 Å². The van der Waals surface area contributed by atoms with Crippen LogP contribution in [0.15, 0.2) is 66.7 Å². The molecule has 0 amide bonds. The van der Waals surface area contributed by atoms with Gasteiger partial charge in [0.2, 0.25) is 0 Å². The SMILES string of the molecule is CCCCC#Cc1ccc(-c2ccc(C#Cc3ccc(Cl)cc3F)cc2)cc1. The summed E-state index contributed by atoms with van der Waals surface area (Å²) < 4.78 is 13.8. The molecule has 2 heteroatoms. The highest BCUT2D eigenvalue weighted by molar-refractivity contribution is 6.30. The van der Waals surface area contributed by atoms with E-state index in [1.165, 1.54) is 12.5 Å². The van der Waals surface area contributed by atoms with Crippen LogP contribution in [0.3, 0.4) is 0 Å². The predicted octanol–water partition coefficient (Wildman–Crippen LogP) is 7.09. The van der Waals surface area contributed by atoms with Gasteiger partial charge in [-0.25, -0.2) is 4.39 Å². The van der Waals surface area contributed by atoms with Crippen molar-refractivity contribution in [2.24, 2.45) is 0 Å². The molecule has 0 aliphatic rings. The Bertz CT molecular complexity index is 1060. The van der Waals surface area contributed by atoms with E-state index in [0.717, 1.165) is 35.1 Å². The third kappa shape index (κ3) is 5.50. The lowest BCUT2D eigenvalue weighted by molar-refractivity contribution is 0.624. The van der Waals surface area contributed by atoms with Crippen LogP contribution >= 0.6 is 11.6 Å². The lowest BCUT2D eigenvalue weighted by Crippen LogP contribution is -1.83. The molecule has 0 saturated carbocycles. The highest BCUT2D eigenvalue weighted by Crippen LogP contribution is 2.20. The minimum Gasteiger partial charge on any atom is -0.206 e. The van der Waals surface area contributed by atoms with E-state index >= 15 is 0 Å². The first kappa shape index (κ1) is 19.8. The van der Waals surface area contributed by atoms with Crippen molar-refractivity contribution in [3.63, 3.8) is 0 Å². The molecule has 0 atom stereocenters. The van der Waals surface area contributed by atoms with Crippen molar-refractivity contribution >= 4 is 11.6 Å². The van der Waals surface area contributed by atoms with Gasteiger partial charge in [0, 0.05) is 22.6 Å². The lowest BCUT2D eigenvalue weighted by atomic mass is 10.0. The van der Waals surface area contributed by atoms with Crippen molar-refractivity contribution in [1.29, 1.82) is 0 Å². The van der Waals surface area contributed by atoms with E-state index < -0.39 is 5.82 Å². The normalized spacial score (nSPS) is 9.82. The van der Waals surface area contributed by atoms with Gasteiger partial charge in [0.05, 0.1) is 5.56 Å². The van der Waals surface area contributed by atoms with Gasteiger partial charge in [0.1, 0.15) is 5.82 Å². The molecule has 28 heavy (non-hydrogen) atoms. The maximum Gasteiger partial charge on any atom is 0.140 e. The summed E-state index contributed by atoms with van der Waals surface area (Å²) in [4.78, 5) is 0. The Balaban J connectivity index is 1.70. The van der Waals surface area contributed by atoms with Gasteiger partial charge in [-0.1, -0.05) is 72.9 Å². The number of benzene rings is 3. The Morgan fingerprint density at radius 3 is 1.96 bits per heavy atom. The van der Waals surface area contributed by atoms with Crippen molar-refractivity contribution in [2.45, 2.75) is 26.2 Å². The van der Waals surface area contributed by atoms with Crippen molar-refractivity contribution in [3.05, 3.63) is 94.3 Å². The molecule has 3 rings (SSSR count). The number of hydrogen-bond acceptors (Lipinski definition) is 0. The number of halogens is 2. The molecule has 0 nitrogen and oxygen atoms in total. The second-order valence-electron chi connectivity index (χ2n) is 6.43. The molecular weight excluding hydrogens is 367 g/mol. The highest BCUT2D eigenvalue weighted by Gasteiger charge is 2.00. The second kappa shape index (κ2) is 9.80. The van der Waals surface area contributed by atoms with Crippen LogP contribution in [0.5, 0.6) is 0 Å². The van der Waals surface area contributed by atoms with Gasteiger partial charge in [-0.3, -0.25) is 0 Å². The summed E-state index contributed by atoms with van der Waals surface area (Å²) in [6.45, 7) is 2.17. The van der Waals surface area contributed by atoms with E-state index in [2.05, 4.69) is 42.7 Å². The molecule has 3 aromatic rings. The third-order valence-electron chi connectivity index (χ3n) is 4.26. The van der Waals surface area contributed by atoms with Gasteiger partial charge in [-0.05, 0) is 60.0 Å². The monoisotopic (exact) mass is 386 g/mol. The summed E-state index contributed by atoms with van der Waals surface area (Å²) in [5, 5.41) is 0.366. The van der Waals surface area contributed by atoms with E-state index in [9.17, 15) is 4.39 Å². The lowest BCUT2D eigenvalue weighted by Gasteiger charge is -2.02. The number of rotatable bonds is 3. The molecule has 0 aliphatic heterocycles. The Labute approximate surface area is 171 Å². The average molecular weight is 387 g/mol. The zero-order valence-corrected chi connectivity index (χ0v) is 16.5. The maximum absolute atomic E-state index is 13.8. The Morgan fingerprint density at radius 1 is 0.786 bits per heavy atom. The summed E-state index contributed by atoms with van der Waals surface area (Å²) in [6, 6.07) is 20.7. The minimum absolute atomic E-state index is 0.337. The van der Waals surface area contributed by atoms with Crippen LogP contribution in [-0.2, 0) is 0 Å².